The lowest BCUT2D eigenvalue weighted by Gasteiger charge is -2.10. The third-order valence-electron chi connectivity index (χ3n) is 3.33. The second kappa shape index (κ2) is 7.35. The molecule has 0 atom stereocenters. The molecule has 0 spiro atoms. The third-order valence-corrected chi connectivity index (χ3v) is 3.33. The summed E-state index contributed by atoms with van der Waals surface area (Å²) in [6, 6.07) is 5.67. The number of nitrogens with zero attached hydrogens (tertiary/aromatic N) is 3. The second-order valence-corrected chi connectivity index (χ2v) is 4.98. The Bertz CT molecular complexity index is 652. The number of nitrogens with one attached hydrogen (secondary N) is 2. The first kappa shape index (κ1) is 15.7. The maximum atomic E-state index is 11.9. The fourth-order valence-electron chi connectivity index (χ4n) is 1.95. The first-order chi connectivity index (χ1) is 10.6. The van der Waals surface area contributed by atoms with Crippen LogP contribution in [0.5, 0.6) is 0 Å². The number of hydrogen-bond acceptors (Lipinski definition) is 4. The molecule has 1 aromatic carbocycles. The van der Waals surface area contributed by atoms with Crippen molar-refractivity contribution in [2.75, 3.05) is 11.9 Å². The van der Waals surface area contributed by atoms with Crippen molar-refractivity contribution in [3.8, 4) is 0 Å². The van der Waals surface area contributed by atoms with Gasteiger partial charge in [-0.2, -0.15) is 5.10 Å². The van der Waals surface area contributed by atoms with Gasteiger partial charge in [0.1, 0.15) is 19.1 Å². The summed E-state index contributed by atoms with van der Waals surface area (Å²) in [6.07, 6.45) is 2.80. The molecule has 2 amide bonds. The molecule has 0 aliphatic rings. The zero-order valence-corrected chi connectivity index (χ0v) is 12.7. The van der Waals surface area contributed by atoms with E-state index in [1.165, 1.54) is 6.33 Å². The highest BCUT2D eigenvalue weighted by atomic mass is 16.2. The number of rotatable bonds is 6. The summed E-state index contributed by atoms with van der Waals surface area (Å²) in [6.45, 7) is 4.83. The van der Waals surface area contributed by atoms with Crippen LogP contribution in [0.4, 0.5) is 5.69 Å². The van der Waals surface area contributed by atoms with Crippen LogP contribution in [0.3, 0.4) is 0 Å². The molecule has 116 valence electrons. The lowest BCUT2D eigenvalue weighted by molar-refractivity contribution is -0.126. The molecule has 1 heterocycles. The lowest BCUT2D eigenvalue weighted by Crippen LogP contribution is -2.30. The van der Waals surface area contributed by atoms with Crippen molar-refractivity contribution in [3.63, 3.8) is 0 Å². The van der Waals surface area contributed by atoms with Gasteiger partial charge in [-0.05, 0) is 31.0 Å². The van der Waals surface area contributed by atoms with Crippen molar-refractivity contribution < 1.29 is 9.59 Å². The number of benzene rings is 1. The molecule has 7 heteroatoms. The molecule has 0 radical (unpaired) electrons. The zero-order valence-electron chi connectivity index (χ0n) is 12.7. The van der Waals surface area contributed by atoms with Crippen LogP contribution < -0.4 is 10.6 Å². The van der Waals surface area contributed by atoms with Gasteiger partial charge in [0.2, 0.25) is 11.8 Å². The Morgan fingerprint density at radius 3 is 2.77 bits per heavy atom. The molecule has 2 aromatic rings. The van der Waals surface area contributed by atoms with Crippen LogP contribution in [0.2, 0.25) is 0 Å². The minimum absolute atomic E-state index is 0.204. The van der Waals surface area contributed by atoms with E-state index >= 15 is 0 Å². The minimum Gasteiger partial charge on any atom is -0.354 e. The van der Waals surface area contributed by atoms with Gasteiger partial charge >= 0.3 is 0 Å². The van der Waals surface area contributed by atoms with Gasteiger partial charge < -0.3 is 10.6 Å². The molecule has 0 aliphatic heterocycles. The number of carbonyl (C=O) groups excluding carboxylic acids is 2. The van der Waals surface area contributed by atoms with Crippen LogP contribution in [0.1, 0.15) is 17.5 Å². The Morgan fingerprint density at radius 2 is 2.05 bits per heavy atom. The van der Waals surface area contributed by atoms with Crippen molar-refractivity contribution >= 4 is 17.5 Å². The largest absolute Gasteiger partial charge is 0.354 e. The van der Waals surface area contributed by atoms with Gasteiger partial charge in [0, 0.05) is 12.2 Å². The number of aromatic nitrogens is 3. The minimum atomic E-state index is -0.327. The molecule has 0 unspecified atom stereocenters. The normalized spacial score (nSPS) is 10.3. The Labute approximate surface area is 128 Å². The Balaban J connectivity index is 1.76. The predicted molar refractivity (Wildman–Crippen MR) is 82.2 cm³/mol. The molecule has 0 bridgehead atoms. The van der Waals surface area contributed by atoms with Gasteiger partial charge in [-0.1, -0.05) is 12.1 Å². The standard InChI is InChI=1S/C15H19N5O2/c1-11-4-3-5-13(12(11)2)19-15(22)8-14(21)17-6-7-20-10-16-9-18-20/h3-5,9-10H,6-8H2,1-2H3,(H,17,21)(H,19,22). The molecule has 0 saturated heterocycles. The summed E-state index contributed by atoms with van der Waals surface area (Å²) in [7, 11) is 0. The van der Waals surface area contributed by atoms with Crippen LogP contribution in [-0.4, -0.2) is 33.1 Å². The number of amides is 2. The van der Waals surface area contributed by atoms with E-state index in [0.29, 0.717) is 13.1 Å². The van der Waals surface area contributed by atoms with E-state index in [-0.39, 0.29) is 18.2 Å². The van der Waals surface area contributed by atoms with E-state index in [0.717, 1.165) is 16.8 Å². The average Bonchev–Trinajstić information content (AvgIpc) is 2.97. The highest BCUT2D eigenvalue weighted by Crippen LogP contribution is 2.17. The zero-order chi connectivity index (χ0) is 15.9. The van der Waals surface area contributed by atoms with Crippen molar-refractivity contribution in [1.82, 2.24) is 20.1 Å². The first-order valence-corrected chi connectivity index (χ1v) is 7.01. The molecule has 0 fully saturated rings. The van der Waals surface area contributed by atoms with E-state index in [1.807, 2.05) is 32.0 Å². The Morgan fingerprint density at radius 1 is 1.23 bits per heavy atom. The molecule has 22 heavy (non-hydrogen) atoms. The van der Waals surface area contributed by atoms with E-state index in [2.05, 4.69) is 20.7 Å². The maximum Gasteiger partial charge on any atom is 0.233 e. The molecule has 0 saturated carbocycles. The highest BCUT2D eigenvalue weighted by Gasteiger charge is 2.10. The Hall–Kier alpha value is -2.70. The second-order valence-electron chi connectivity index (χ2n) is 4.98. The summed E-state index contributed by atoms with van der Waals surface area (Å²) in [5.41, 5.74) is 2.83. The molecule has 0 aliphatic carbocycles. The van der Waals surface area contributed by atoms with Crippen LogP contribution >= 0.6 is 0 Å². The first-order valence-electron chi connectivity index (χ1n) is 7.01. The number of anilines is 1. The van der Waals surface area contributed by atoms with Crippen molar-refractivity contribution in [2.45, 2.75) is 26.8 Å². The molecular formula is C15H19N5O2. The average molecular weight is 301 g/mol. The third kappa shape index (κ3) is 4.41. The van der Waals surface area contributed by atoms with Crippen LogP contribution in [0.15, 0.2) is 30.9 Å². The van der Waals surface area contributed by atoms with Gasteiger partial charge in [0.05, 0.1) is 6.54 Å². The van der Waals surface area contributed by atoms with E-state index in [4.69, 9.17) is 0 Å². The number of carbonyl (C=O) groups is 2. The van der Waals surface area contributed by atoms with Crippen LogP contribution in [-0.2, 0) is 16.1 Å². The fourth-order valence-corrected chi connectivity index (χ4v) is 1.95. The summed E-state index contributed by atoms with van der Waals surface area (Å²) in [4.78, 5) is 27.4. The number of aryl methyl sites for hydroxylation is 1. The topological polar surface area (TPSA) is 88.9 Å². The SMILES string of the molecule is Cc1cccc(NC(=O)CC(=O)NCCn2cncn2)c1C. The smallest absolute Gasteiger partial charge is 0.233 e. The highest BCUT2D eigenvalue weighted by molar-refractivity contribution is 6.03. The predicted octanol–water partition coefficient (Wildman–Crippen LogP) is 1.04. The van der Waals surface area contributed by atoms with Crippen LogP contribution in [0, 0.1) is 13.8 Å². The lowest BCUT2D eigenvalue weighted by atomic mass is 10.1. The fraction of sp³-hybridized carbons (Fsp3) is 0.333. The molecule has 7 nitrogen and oxygen atoms in total. The van der Waals surface area contributed by atoms with Gasteiger partial charge in [-0.3, -0.25) is 14.3 Å². The van der Waals surface area contributed by atoms with Gasteiger partial charge in [0.15, 0.2) is 0 Å². The van der Waals surface area contributed by atoms with Crippen molar-refractivity contribution in [3.05, 3.63) is 42.0 Å². The van der Waals surface area contributed by atoms with Gasteiger partial charge in [0.25, 0.3) is 0 Å². The Kier molecular flexibility index (Phi) is 5.24. The van der Waals surface area contributed by atoms with E-state index in [9.17, 15) is 9.59 Å². The van der Waals surface area contributed by atoms with Crippen LogP contribution in [0.25, 0.3) is 0 Å². The van der Waals surface area contributed by atoms with Crippen molar-refractivity contribution in [1.29, 1.82) is 0 Å². The van der Waals surface area contributed by atoms with Gasteiger partial charge in [-0.25, -0.2) is 4.98 Å². The summed E-state index contributed by atoms with van der Waals surface area (Å²) < 4.78 is 1.61. The van der Waals surface area contributed by atoms with E-state index in [1.54, 1.807) is 11.0 Å². The maximum absolute atomic E-state index is 11.9. The molecule has 1 aromatic heterocycles. The monoisotopic (exact) mass is 301 g/mol. The molecular weight excluding hydrogens is 282 g/mol. The summed E-state index contributed by atoms with van der Waals surface area (Å²) in [5, 5.41) is 9.36. The van der Waals surface area contributed by atoms with Gasteiger partial charge in [-0.15, -0.1) is 0 Å². The number of hydrogen-bond donors (Lipinski definition) is 2. The molecule has 2 N–H and O–H groups in total. The van der Waals surface area contributed by atoms with Crippen molar-refractivity contribution in [2.24, 2.45) is 0 Å². The summed E-state index contributed by atoms with van der Waals surface area (Å²) >= 11 is 0. The van der Waals surface area contributed by atoms with E-state index < -0.39 is 0 Å². The quantitative estimate of drug-likeness (QED) is 0.780. The molecule has 2 rings (SSSR count). The summed E-state index contributed by atoms with van der Waals surface area (Å²) in [5.74, 6) is -0.644.